The van der Waals surface area contributed by atoms with E-state index < -0.39 is 45.9 Å². The normalized spacial score (nSPS) is 12.3. The van der Waals surface area contributed by atoms with Gasteiger partial charge in [0.05, 0.1) is 9.79 Å². The Morgan fingerprint density at radius 3 is 1.73 bits per heavy atom. The topological polar surface area (TPSA) is 184 Å². The molecular weight excluding hydrogens is 469 g/mol. The number of rotatable bonds is 5. The Kier molecular flexibility index (Phi) is 6.90. The Morgan fingerprint density at radius 1 is 0.733 bits per heavy atom. The van der Waals surface area contributed by atoms with Gasteiger partial charge in [-0.1, -0.05) is 18.2 Å². The predicted octanol–water partition coefficient (Wildman–Crippen LogP) is -2.00. The van der Waals surface area contributed by atoms with E-state index in [2.05, 4.69) is 0 Å². The maximum atomic E-state index is 12.5. The molecule has 154 valence electrons. The Bertz CT molecular complexity index is 1430. The SMILES string of the molecule is Nc1cc(S(=O)(=O)[O-])cc2cc(S(=O)(=O)[O-])cc(OS(=O)(=O)c3ccccc3)c12.[Na+]. The third kappa shape index (κ3) is 5.12. The van der Waals surface area contributed by atoms with E-state index in [1.54, 1.807) is 6.07 Å². The minimum absolute atomic E-state index is 0. The Morgan fingerprint density at radius 2 is 1.23 bits per heavy atom. The maximum Gasteiger partial charge on any atom is 1.00 e. The zero-order chi connectivity index (χ0) is 21.6. The van der Waals surface area contributed by atoms with Crippen LogP contribution in [-0.2, 0) is 30.4 Å². The summed E-state index contributed by atoms with van der Waals surface area (Å²) in [5, 5.41) is -0.473. The van der Waals surface area contributed by atoms with Gasteiger partial charge < -0.3 is 19.0 Å². The molecule has 3 rings (SSSR count). The molecule has 2 N–H and O–H groups in total. The fourth-order valence-corrected chi connectivity index (χ4v) is 4.58. The summed E-state index contributed by atoms with van der Waals surface area (Å²) in [6.45, 7) is 0. The van der Waals surface area contributed by atoms with Crippen LogP contribution in [0.15, 0.2) is 69.3 Å². The molecule has 0 aliphatic rings. The molecule has 30 heavy (non-hydrogen) atoms. The number of fused-ring (bicyclic) bond motifs is 1. The van der Waals surface area contributed by atoms with Crippen molar-refractivity contribution in [3.05, 3.63) is 54.6 Å². The van der Waals surface area contributed by atoms with Crippen LogP contribution in [0.1, 0.15) is 0 Å². The summed E-state index contributed by atoms with van der Waals surface area (Å²) in [6.07, 6.45) is 0. The average molecular weight is 480 g/mol. The molecule has 0 amide bonds. The zero-order valence-corrected chi connectivity index (χ0v) is 19.6. The molecular formula is C16H11NNaO9S3-. The van der Waals surface area contributed by atoms with E-state index in [-0.39, 0.29) is 50.9 Å². The van der Waals surface area contributed by atoms with Crippen molar-refractivity contribution in [2.75, 3.05) is 5.73 Å². The van der Waals surface area contributed by atoms with E-state index in [0.29, 0.717) is 6.07 Å². The Labute approximate surface area is 194 Å². The number of hydrogen-bond acceptors (Lipinski definition) is 10. The van der Waals surface area contributed by atoms with E-state index in [1.165, 1.54) is 24.3 Å². The molecule has 14 heteroatoms. The van der Waals surface area contributed by atoms with Crippen LogP contribution < -0.4 is 39.5 Å². The fourth-order valence-electron chi connectivity index (χ4n) is 2.56. The minimum Gasteiger partial charge on any atom is -0.744 e. The maximum absolute atomic E-state index is 12.5. The summed E-state index contributed by atoms with van der Waals surface area (Å²) < 4.78 is 98.3. The number of benzene rings is 3. The standard InChI is InChI=1S/C16H13NO9S3.Na/c17-14-8-12(27(18,19)20)6-10-7-13(28(21,22)23)9-15(16(10)14)26-29(24,25)11-4-2-1-3-5-11;/h1-9H,17H2,(H,18,19,20)(H,21,22,23);/q;+1/p-2. The van der Waals surface area contributed by atoms with Crippen molar-refractivity contribution in [1.29, 1.82) is 0 Å². The van der Waals surface area contributed by atoms with Crippen molar-refractivity contribution < 1.29 is 68.1 Å². The molecule has 0 fully saturated rings. The van der Waals surface area contributed by atoms with Gasteiger partial charge in [0.1, 0.15) is 25.1 Å². The summed E-state index contributed by atoms with van der Waals surface area (Å²) in [7, 11) is -14.5. The first kappa shape index (κ1) is 24.6. The second-order valence-corrected chi connectivity index (χ2v) is 10.1. The molecule has 0 bridgehead atoms. The molecule has 0 atom stereocenters. The molecule has 0 radical (unpaired) electrons. The van der Waals surface area contributed by atoms with Gasteiger partial charge in [-0.15, -0.1) is 0 Å². The summed E-state index contributed by atoms with van der Waals surface area (Å²) in [4.78, 5) is -1.95. The molecule has 0 heterocycles. The van der Waals surface area contributed by atoms with Gasteiger partial charge in [0.2, 0.25) is 0 Å². The quantitative estimate of drug-likeness (QED) is 0.185. The monoisotopic (exact) mass is 480 g/mol. The number of hydrogen-bond donors (Lipinski definition) is 1. The second kappa shape index (κ2) is 8.43. The van der Waals surface area contributed by atoms with Crippen LogP contribution in [0, 0.1) is 0 Å². The van der Waals surface area contributed by atoms with Crippen molar-refractivity contribution in [1.82, 2.24) is 0 Å². The molecule has 3 aromatic carbocycles. The molecule has 0 unspecified atom stereocenters. The van der Waals surface area contributed by atoms with Gasteiger partial charge in [-0.25, -0.2) is 16.8 Å². The Hall–Kier alpha value is -1.71. The van der Waals surface area contributed by atoms with Gasteiger partial charge in [0, 0.05) is 17.1 Å². The number of anilines is 1. The Balaban J connectivity index is 0.00000320. The van der Waals surface area contributed by atoms with Gasteiger partial charge in [-0.05, 0) is 35.7 Å². The molecule has 0 aliphatic heterocycles. The van der Waals surface area contributed by atoms with E-state index >= 15 is 0 Å². The second-order valence-electron chi connectivity index (χ2n) is 5.79. The summed E-state index contributed by atoms with van der Waals surface area (Å²) in [6, 6.07) is 9.82. The predicted molar refractivity (Wildman–Crippen MR) is 98.5 cm³/mol. The molecule has 0 saturated carbocycles. The van der Waals surface area contributed by atoms with Crippen LogP contribution in [0.3, 0.4) is 0 Å². The average Bonchev–Trinajstić information content (AvgIpc) is 2.60. The van der Waals surface area contributed by atoms with Crippen LogP contribution >= 0.6 is 0 Å². The minimum atomic E-state index is -5.09. The fraction of sp³-hybridized carbons (Fsp3) is 0. The summed E-state index contributed by atoms with van der Waals surface area (Å²) in [5.41, 5.74) is 5.40. The summed E-state index contributed by atoms with van der Waals surface area (Å²) >= 11 is 0. The third-order valence-corrected chi connectivity index (χ3v) is 6.67. The van der Waals surface area contributed by atoms with E-state index in [1.807, 2.05) is 0 Å². The number of nitrogen functional groups attached to an aromatic ring is 1. The van der Waals surface area contributed by atoms with E-state index in [4.69, 9.17) is 9.92 Å². The van der Waals surface area contributed by atoms with Crippen LogP contribution in [0.5, 0.6) is 5.75 Å². The van der Waals surface area contributed by atoms with E-state index in [0.717, 1.165) is 18.2 Å². The molecule has 10 nitrogen and oxygen atoms in total. The van der Waals surface area contributed by atoms with Gasteiger partial charge in [0.15, 0.2) is 5.75 Å². The van der Waals surface area contributed by atoms with Crippen LogP contribution in [-0.4, -0.2) is 34.4 Å². The van der Waals surface area contributed by atoms with Gasteiger partial charge in [-0.2, -0.15) is 8.42 Å². The van der Waals surface area contributed by atoms with Gasteiger partial charge >= 0.3 is 39.7 Å². The largest absolute Gasteiger partial charge is 1.00 e. The van der Waals surface area contributed by atoms with Gasteiger partial charge in [0.25, 0.3) is 0 Å². The molecule has 0 aliphatic carbocycles. The molecule has 0 aromatic heterocycles. The number of nitrogens with two attached hydrogens (primary N) is 1. The molecule has 0 saturated heterocycles. The van der Waals surface area contributed by atoms with Crippen molar-refractivity contribution in [2.45, 2.75) is 14.7 Å². The summed E-state index contributed by atoms with van der Waals surface area (Å²) in [5.74, 6) is -0.617. The van der Waals surface area contributed by atoms with Crippen molar-refractivity contribution in [3.8, 4) is 5.75 Å². The smallest absolute Gasteiger partial charge is 0.744 e. The first-order valence-electron chi connectivity index (χ1n) is 7.58. The first-order valence-corrected chi connectivity index (χ1v) is 11.8. The van der Waals surface area contributed by atoms with Crippen molar-refractivity contribution in [2.24, 2.45) is 0 Å². The van der Waals surface area contributed by atoms with Crippen LogP contribution in [0.2, 0.25) is 0 Å². The third-order valence-electron chi connectivity index (χ3n) is 3.80. The first-order chi connectivity index (χ1) is 13.3. The van der Waals surface area contributed by atoms with Crippen LogP contribution in [0.25, 0.3) is 10.8 Å². The van der Waals surface area contributed by atoms with Crippen molar-refractivity contribution >= 4 is 46.8 Å². The van der Waals surface area contributed by atoms with Crippen LogP contribution in [0.4, 0.5) is 5.69 Å². The molecule has 3 aromatic rings. The zero-order valence-electron chi connectivity index (χ0n) is 15.2. The molecule has 0 spiro atoms. The van der Waals surface area contributed by atoms with Gasteiger partial charge in [-0.3, -0.25) is 0 Å². The van der Waals surface area contributed by atoms with E-state index in [9.17, 15) is 34.4 Å². The van der Waals surface area contributed by atoms with Crippen molar-refractivity contribution in [3.63, 3.8) is 0 Å².